The minimum atomic E-state index is -4.81. The minimum Gasteiger partial charge on any atom is -0.487 e. The predicted molar refractivity (Wildman–Crippen MR) is 99.1 cm³/mol. The van der Waals surface area contributed by atoms with Crippen LogP contribution in [-0.2, 0) is 15.7 Å². The van der Waals surface area contributed by atoms with Gasteiger partial charge in [-0.3, -0.25) is 0 Å². The molecule has 1 saturated heterocycles. The second kappa shape index (κ2) is 10.5. The standard InChI is InChI=1S/C19H19F7O3S/c1-30-14-9-27-16(28-10-14)5-3-2-4-12-6-7-13(8-15(12)19(24,25)26)29-11-18(22,23)17(20)21/h2-8,14,16-17H,9-11H2,1H3. The van der Waals surface area contributed by atoms with E-state index in [-0.39, 0.29) is 10.8 Å². The van der Waals surface area contributed by atoms with Crippen LogP contribution in [0.2, 0.25) is 0 Å². The van der Waals surface area contributed by atoms with Gasteiger partial charge in [0.1, 0.15) is 5.75 Å². The second-order valence-electron chi connectivity index (χ2n) is 6.23. The molecule has 0 N–H and O–H groups in total. The first-order valence-corrected chi connectivity index (χ1v) is 9.92. The van der Waals surface area contributed by atoms with Crippen LogP contribution in [-0.4, -0.2) is 50.0 Å². The van der Waals surface area contributed by atoms with Gasteiger partial charge in [-0.05, 0) is 30.0 Å². The average molecular weight is 460 g/mol. The van der Waals surface area contributed by atoms with E-state index in [2.05, 4.69) is 4.74 Å². The molecule has 30 heavy (non-hydrogen) atoms. The lowest BCUT2D eigenvalue weighted by Gasteiger charge is -2.26. The molecule has 1 aromatic rings. The Hall–Kier alpha value is -1.72. The van der Waals surface area contributed by atoms with Crippen LogP contribution < -0.4 is 4.74 Å². The number of hydrogen-bond acceptors (Lipinski definition) is 4. The van der Waals surface area contributed by atoms with E-state index in [4.69, 9.17) is 9.47 Å². The predicted octanol–water partition coefficient (Wildman–Crippen LogP) is 5.66. The molecule has 1 aliphatic rings. The van der Waals surface area contributed by atoms with Gasteiger partial charge >= 0.3 is 18.5 Å². The second-order valence-corrected chi connectivity index (χ2v) is 7.37. The van der Waals surface area contributed by atoms with Gasteiger partial charge in [0.15, 0.2) is 12.9 Å². The third-order valence-electron chi connectivity index (χ3n) is 3.96. The molecule has 11 heteroatoms. The Bertz CT molecular complexity index is 742. The Labute approximate surface area is 172 Å². The minimum absolute atomic E-state index is 0.223. The molecule has 1 aromatic carbocycles. The third-order valence-corrected chi connectivity index (χ3v) is 4.90. The topological polar surface area (TPSA) is 27.7 Å². The van der Waals surface area contributed by atoms with Gasteiger partial charge in [0.25, 0.3) is 0 Å². The summed E-state index contributed by atoms with van der Waals surface area (Å²) in [5.74, 6) is -5.07. The summed E-state index contributed by atoms with van der Waals surface area (Å²) in [6, 6.07) is 2.48. The highest BCUT2D eigenvalue weighted by atomic mass is 32.2. The molecule has 0 amide bonds. The van der Waals surface area contributed by atoms with Crippen LogP contribution in [0.4, 0.5) is 30.7 Å². The number of rotatable bonds is 8. The van der Waals surface area contributed by atoms with Crippen LogP contribution in [0.5, 0.6) is 5.75 Å². The van der Waals surface area contributed by atoms with Crippen molar-refractivity contribution in [2.45, 2.75) is 30.1 Å². The quantitative estimate of drug-likeness (QED) is 0.370. The van der Waals surface area contributed by atoms with Gasteiger partial charge in [-0.15, -0.1) is 0 Å². The number of allylic oxidation sites excluding steroid dienone is 2. The Morgan fingerprint density at radius 1 is 1.13 bits per heavy atom. The Balaban J connectivity index is 2.06. The molecule has 0 atom stereocenters. The zero-order valence-electron chi connectivity index (χ0n) is 15.7. The highest BCUT2D eigenvalue weighted by Crippen LogP contribution is 2.35. The van der Waals surface area contributed by atoms with Crippen molar-refractivity contribution in [1.82, 2.24) is 0 Å². The summed E-state index contributed by atoms with van der Waals surface area (Å²) in [4.78, 5) is 0. The van der Waals surface area contributed by atoms with Crippen LogP contribution >= 0.6 is 11.8 Å². The normalized spacial score (nSPS) is 21.1. The monoisotopic (exact) mass is 460 g/mol. The lowest BCUT2D eigenvalue weighted by atomic mass is 10.1. The van der Waals surface area contributed by atoms with Gasteiger partial charge in [-0.25, -0.2) is 8.78 Å². The summed E-state index contributed by atoms with van der Waals surface area (Å²) in [5.41, 5.74) is -1.41. The highest BCUT2D eigenvalue weighted by molar-refractivity contribution is 7.99. The van der Waals surface area contributed by atoms with E-state index in [1.807, 2.05) is 6.26 Å². The van der Waals surface area contributed by atoms with Crippen LogP contribution in [0.25, 0.3) is 6.08 Å². The van der Waals surface area contributed by atoms with Crippen molar-refractivity contribution in [2.75, 3.05) is 26.1 Å². The zero-order chi connectivity index (χ0) is 22.4. The SMILES string of the molecule is CSC1COC(C=CC=Cc2ccc(OCC(F)(F)C(F)F)cc2C(F)(F)F)OC1. The summed E-state index contributed by atoms with van der Waals surface area (Å²) in [6.45, 7) is -0.757. The van der Waals surface area contributed by atoms with Gasteiger partial charge in [0, 0.05) is 0 Å². The molecule has 1 fully saturated rings. The lowest BCUT2D eigenvalue weighted by molar-refractivity contribution is -0.148. The van der Waals surface area contributed by atoms with E-state index in [1.165, 1.54) is 18.2 Å². The van der Waals surface area contributed by atoms with Crippen molar-refractivity contribution in [2.24, 2.45) is 0 Å². The van der Waals surface area contributed by atoms with Crippen molar-refractivity contribution in [1.29, 1.82) is 0 Å². The fourth-order valence-corrected chi connectivity index (χ4v) is 2.75. The molecule has 0 bridgehead atoms. The molecule has 2 rings (SSSR count). The number of alkyl halides is 7. The highest BCUT2D eigenvalue weighted by Gasteiger charge is 2.42. The number of benzene rings is 1. The van der Waals surface area contributed by atoms with E-state index in [1.54, 1.807) is 11.8 Å². The molecule has 0 unspecified atom stereocenters. The van der Waals surface area contributed by atoms with Crippen LogP contribution in [0.15, 0.2) is 36.4 Å². The van der Waals surface area contributed by atoms with E-state index >= 15 is 0 Å². The fraction of sp³-hybridized carbons (Fsp3) is 0.474. The third kappa shape index (κ3) is 7.21. The first kappa shape index (κ1) is 24.5. The first-order chi connectivity index (χ1) is 14.0. The van der Waals surface area contributed by atoms with Gasteiger partial charge in [-0.2, -0.15) is 33.7 Å². The molecule has 1 aliphatic heterocycles. The van der Waals surface area contributed by atoms with Gasteiger partial charge < -0.3 is 14.2 Å². The number of hydrogen-bond donors (Lipinski definition) is 0. The summed E-state index contributed by atoms with van der Waals surface area (Å²) in [5, 5.41) is 0.223. The number of thioether (sulfide) groups is 1. The van der Waals surface area contributed by atoms with Crippen LogP contribution in [0, 0.1) is 0 Å². The zero-order valence-corrected chi connectivity index (χ0v) is 16.5. The lowest BCUT2D eigenvalue weighted by Crippen LogP contribution is -2.33. The summed E-state index contributed by atoms with van der Waals surface area (Å²) >= 11 is 1.60. The van der Waals surface area contributed by atoms with E-state index in [0.29, 0.717) is 19.3 Å². The van der Waals surface area contributed by atoms with Crippen molar-refractivity contribution in [3.63, 3.8) is 0 Å². The maximum atomic E-state index is 13.3. The molecule has 168 valence electrons. The van der Waals surface area contributed by atoms with E-state index < -0.39 is 42.7 Å². The molecular formula is C19H19F7O3S. The Kier molecular flexibility index (Phi) is 8.62. The number of ether oxygens (including phenoxy) is 3. The molecule has 3 nitrogen and oxygen atoms in total. The molecule has 0 saturated carbocycles. The van der Waals surface area contributed by atoms with E-state index in [9.17, 15) is 30.7 Å². The van der Waals surface area contributed by atoms with Crippen LogP contribution in [0.3, 0.4) is 0 Å². The van der Waals surface area contributed by atoms with Crippen molar-refractivity contribution in [3.8, 4) is 5.75 Å². The Morgan fingerprint density at radius 3 is 2.37 bits per heavy atom. The average Bonchev–Trinajstić information content (AvgIpc) is 2.69. The molecule has 0 aromatic heterocycles. The van der Waals surface area contributed by atoms with Gasteiger partial charge in [0.05, 0.1) is 24.0 Å². The maximum Gasteiger partial charge on any atom is 0.417 e. The van der Waals surface area contributed by atoms with Gasteiger partial charge in [0.2, 0.25) is 0 Å². The molecule has 0 radical (unpaired) electrons. The molecular weight excluding hydrogens is 441 g/mol. The molecule has 1 heterocycles. The van der Waals surface area contributed by atoms with Crippen molar-refractivity contribution < 1.29 is 44.9 Å². The summed E-state index contributed by atoms with van der Waals surface area (Å²) in [7, 11) is 0. The maximum absolute atomic E-state index is 13.3. The molecule has 0 aliphatic carbocycles. The van der Waals surface area contributed by atoms with Gasteiger partial charge in [-0.1, -0.05) is 24.3 Å². The Morgan fingerprint density at radius 2 is 1.80 bits per heavy atom. The fourth-order valence-electron chi connectivity index (χ4n) is 2.32. The number of halogens is 7. The van der Waals surface area contributed by atoms with Crippen LogP contribution in [0.1, 0.15) is 11.1 Å². The smallest absolute Gasteiger partial charge is 0.417 e. The molecule has 0 spiro atoms. The largest absolute Gasteiger partial charge is 0.487 e. The van der Waals surface area contributed by atoms with E-state index in [0.717, 1.165) is 18.2 Å². The summed E-state index contributed by atoms with van der Waals surface area (Å²) in [6.07, 6.45) is -1.99. The van der Waals surface area contributed by atoms with Crippen molar-refractivity contribution in [3.05, 3.63) is 47.6 Å². The summed E-state index contributed by atoms with van der Waals surface area (Å²) < 4.78 is 105. The van der Waals surface area contributed by atoms with Crippen molar-refractivity contribution >= 4 is 17.8 Å². The first-order valence-electron chi connectivity index (χ1n) is 8.64.